The molecule has 0 bridgehead atoms. The van der Waals surface area contributed by atoms with Crippen LogP contribution in [0, 0.1) is 0 Å². The van der Waals surface area contributed by atoms with Gasteiger partial charge in [-0.25, -0.2) is 4.79 Å². The minimum Gasteiger partial charge on any atom is -0.508 e. The minimum atomic E-state index is -1.28. The summed E-state index contributed by atoms with van der Waals surface area (Å²) < 4.78 is 4.90. The fourth-order valence-corrected chi connectivity index (χ4v) is 3.17. The SMILES string of the molecule is CC[C@]1(c2ccccc2)NC(=O)N(NC(=O)COC(=O)Cc2ccc(O)cc2)C1=O. The molecule has 1 aliphatic heterocycles. The molecule has 3 N–H and O–H groups in total. The number of benzene rings is 2. The third-order valence-corrected chi connectivity index (χ3v) is 4.77. The summed E-state index contributed by atoms with van der Waals surface area (Å²) in [5, 5.41) is 12.5. The Hall–Kier alpha value is -3.88. The number of phenolic OH excluding ortho intramolecular Hbond substituents is 1. The highest BCUT2D eigenvalue weighted by Gasteiger charge is 2.52. The number of ether oxygens (including phenoxy) is 1. The average Bonchev–Trinajstić information content (AvgIpc) is 2.99. The van der Waals surface area contributed by atoms with Crippen LogP contribution in [0.2, 0.25) is 0 Å². The number of carbonyl (C=O) groups excluding carboxylic acids is 4. The van der Waals surface area contributed by atoms with E-state index in [4.69, 9.17) is 4.74 Å². The highest BCUT2D eigenvalue weighted by Crippen LogP contribution is 2.31. The maximum Gasteiger partial charge on any atom is 0.344 e. The first-order valence-corrected chi connectivity index (χ1v) is 9.31. The number of hydrogen-bond acceptors (Lipinski definition) is 6. The number of amides is 4. The zero-order valence-electron chi connectivity index (χ0n) is 16.3. The second-order valence-corrected chi connectivity index (χ2v) is 6.73. The summed E-state index contributed by atoms with van der Waals surface area (Å²) >= 11 is 0. The van der Waals surface area contributed by atoms with E-state index >= 15 is 0 Å². The number of hydrazine groups is 1. The molecule has 1 fully saturated rings. The molecule has 2 aromatic rings. The molecule has 1 atom stereocenters. The summed E-state index contributed by atoms with van der Waals surface area (Å²) in [6.07, 6.45) is 0.194. The van der Waals surface area contributed by atoms with Crippen LogP contribution in [0.25, 0.3) is 0 Å². The van der Waals surface area contributed by atoms with Gasteiger partial charge >= 0.3 is 12.0 Å². The van der Waals surface area contributed by atoms with Crippen LogP contribution in [0.4, 0.5) is 4.79 Å². The zero-order chi connectivity index (χ0) is 21.7. The van der Waals surface area contributed by atoms with Gasteiger partial charge in [-0.3, -0.25) is 19.8 Å². The first kappa shape index (κ1) is 20.8. The molecule has 0 aromatic heterocycles. The number of rotatable bonds is 7. The molecule has 0 unspecified atom stereocenters. The summed E-state index contributed by atoms with van der Waals surface area (Å²) in [6.45, 7) is 1.10. The molecule has 1 aliphatic rings. The third kappa shape index (κ3) is 4.24. The van der Waals surface area contributed by atoms with Crippen LogP contribution in [0.15, 0.2) is 54.6 Å². The van der Waals surface area contributed by atoms with Crippen molar-refractivity contribution in [3.8, 4) is 5.75 Å². The molecule has 9 nitrogen and oxygen atoms in total. The first-order valence-electron chi connectivity index (χ1n) is 9.31. The van der Waals surface area contributed by atoms with Crippen LogP contribution < -0.4 is 10.7 Å². The van der Waals surface area contributed by atoms with Gasteiger partial charge in [-0.05, 0) is 29.7 Å². The van der Waals surface area contributed by atoms with E-state index < -0.39 is 36.0 Å². The second-order valence-electron chi connectivity index (χ2n) is 6.73. The molecule has 1 heterocycles. The Balaban J connectivity index is 1.58. The quantitative estimate of drug-likeness (QED) is 0.467. The standard InChI is InChI=1S/C21H21N3O6/c1-2-21(15-6-4-3-5-7-15)19(28)24(20(29)22-21)23-17(26)13-30-18(27)12-14-8-10-16(25)11-9-14/h3-11,25H,2,12-13H2,1H3,(H,22,29)(H,23,26)/t21-/m1/s1. The van der Waals surface area contributed by atoms with Gasteiger partial charge in [0.15, 0.2) is 6.61 Å². The number of carbonyl (C=O) groups is 4. The summed E-state index contributed by atoms with van der Waals surface area (Å²) in [5.41, 5.74) is 2.11. The van der Waals surface area contributed by atoms with Gasteiger partial charge in [0.05, 0.1) is 6.42 Å². The van der Waals surface area contributed by atoms with Crippen LogP contribution in [-0.2, 0) is 31.1 Å². The van der Waals surface area contributed by atoms with Gasteiger partial charge in [0.25, 0.3) is 11.8 Å². The van der Waals surface area contributed by atoms with Crippen molar-refractivity contribution in [2.75, 3.05) is 6.61 Å². The molecule has 0 radical (unpaired) electrons. The summed E-state index contributed by atoms with van der Waals surface area (Å²) in [6, 6.07) is 13.9. The van der Waals surface area contributed by atoms with Gasteiger partial charge in [0.1, 0.15) is 11.3 Å². The van der Waals surface area contributed by atoms with Crippen molar-refractivity contribution in [1.82, 2.24) is 15.8 Å². The zero-order valence-corrected chi connectivity index (χ0v) is 16.3. The van der Waals surface area contributed by atoms with Gasteiger partial charge < -0.3 is 15.2 Å². The molecular formula is C21H21N3O6. The van der Waals surface area contributed by atoms with E-state index in [1.54, 1.807) is 49.4 Å². The molecule has 30 heavy (non-hydrogen) atoms. The van der Waals surface area contributed by atoms with Crippen molar-refractivity contribution in [2.45, 2.75) is 25.3 Å². The molecule has 0 spiro atoms. The Morgan fingerprint density at radius 1 is 1.10 bits per heavy atom. The Kier molecular flexibility index (Phi) is 6.01. The van der Waals surface area contributed by atoms with Crippen molar-refractivity contribution in [3.63, 3.8) is 0 Å². The van der Waals surface area contributed by atoms with Gasteiger partial charge in [0.2, 0.25) is 0 Å². The lowest BCUT2D eigenvalue weighted by Gasteiger charge is -2.25. The molecule has 156 valence electrons. The van der Waals surface area contributed by atoms with E-state index in [9.17, 15) is 24.3 Å². The highest BCUT2D eigenvalue weighted by atomic mass is 16.5. The van der Waals surface area contributed by atoms with Gasteiger partial charge in [-0.15, -0.1) is 0 Å². The number of nitrogens with one attached hydrogen (secondary N) is 2. The lowest BCUT2D eigenvalue weighted by molar-refractivity contribution is -0.150. The second kappa shape index (κ2) is 8.64. The third-order valence-electron chi connectivity index (χ3n) is 4.77. The monoisotopic (exact) mass is 411 g/mol. The molecule has 3 rings (SSSR count). The normalized spacial score (nSPS) is 18.1. The van der Waals surface area contributed by atoms with Gasteiger partial charge in [-0.1, -0.05) is 49.4 Å². The number of urea groups is 1. The van der Waals surface area contributed by atoms with Crippen molar-refractivity contribution in [3.05, 3.63) is 65.7 Å². The predicted octanol–water partition coefficient (Wildman–Crippen LogP) is 1.37. The van der Waals surface area contributed by atoms with Crippen LogP contribution >= 0.6 is 0 Å². The van der Waals surface area contributed by atoms with Crippen LogP contribution in [0.5, 0.6) is 5.75 Å². The smallest absolute Gasteiger partial charge is 0.344 e. The van der Waals surface area contributed by atoms with E-state index in [0.717, 1.165) is 0 Å². The van der Waals surface area contributed by atoms with Crippen LogP contribution in [0.1, 0.15) is 24.5 Å². The highest BCUT2D eigenvalue weighted by molar-refractivity contribution is 6.08. The van der Waals surface area contributed by atoms with Crippen LogP contribution in [-0.4, -0.2) is 40.5 Å². The number of nitrogens with zero attached hydrogens (tertiary/aromatic N) is 1. The summed E-state index contributed by atoms with van der Waals surface area (Å²) in [4.78, 5) is 49.2. The topological polar surface area (TPSA) is 125 Å². The number of hydrogen-bond donors (Lipinski definition) is 3. The van der Waals surface area contributed by atoms with Crippen molar-refractivity contribution < 1.29 is 29.0 Å². The Morgan fingerprint density at radius 3 is 2.40 bits per heavy atom. The predicted molar refractivity (Wildman–Crippen MR) is 105 cm³/mol. The molecule has 1 saturated heterocycles. The van der Waals surface area contributed by atoms with Crippen LogP contribution in [0.3, 0.4) is 0 Å². The first-order chi connectivity index (χ1) is 14.4. The number of aromatic hydroxyl groups is 1. The number of esters is 1. The van der Waals surface area contributed by atoms with E-state index in [0.29, 0.717) is 16.1 Å². The molecule has 0 aliphatic carbocycles. The van der Waals surface area contributed by atoms with Crippen molar-refractivity contribution in [1.29, 1.82) is 0 Å². The fraction of sp³-hybridized carbons (Fsp3) is 0.238. The Labute approximate surface area is 172 Å². The Bertz CT molecular complexity index is 960. The van der Waals surface area contributed by atoms with E-state index in [2.05, 4.69) is 10.7 Å². The Morgan fingerprint density at radius 2 is 1.77 bits per heavy atom. The fourth-order valence-electron chi connectivity index (χ4n) is 3.17. The van der Waals surface area contributed by atoms with E-state index in [1.807, 2.05) is 0 Å². The maximum absolute atomic E-state index is 12.9. The summed E-state index contributed by atoms with van der Waals surface area (Å²) in [7, 11) is 0. The van der Waals surface area contributed by atoms with E-state index in [-0.39, 0.29) is 18.6 Å². The largest absolute Gasteiger partial charge is 0.508 e. The summed E-state index contributed by atoms with van der Waals surface area (Å²) in [5.74, 6) is -2.04. The molecule has 0 saturated carbocycles. The molecular weight excluding hydrogens is 390 g/mol. The molecule has 2 aromatic carbocycles. The molecule has 9 heteroatoms. The van der Waals surface area contributed by atoms with Crippen molar-refractivity contribution in [2.24, 2.45) is 0 Å². The lowest BCUT2D eigenvalue weighted by Crippen LogP contribution is -2.49. The minimum absolute atomic E-state index is 0.0682. The van der Waals surface area contributed by atoms with Gasteiger partial charge in [0, 0.05) is 0 Å². The molecule has 4 amide bonds. The number of imide groups is 1. The lowest BCUT2D eigenvalue weighted by atomic mass is 9.87. The van der Waals surface area contributed by atoms with E-state index in [1.165, 1.54) is 12.1 Å². The maximum atomic E-state index is 12.9. The van der Waals surface area contributed by atoms with Gasteiger partial charge in [-0.2, -0.15) is 5.01 Å². The van der Waals surface area contributed by atoms with Crippen molar-refractivity contribution >= 4 is 23.8 Å². The number of phenols is 1. The average molecular weight is 411 g/mol.